The highest BCUT2D eigenvalue weighted by Crippen LogP contribution is 2.67. The van der Waals surface area contributed by atoms with Crippen molar-refractivity contribution in [1.29, 1.82) is 0 Å². The second kappa shape index (κ2) is 8.93. The quantitative estimate of drug-likeness (QED) is 0.466. The van der Waals surface area contributed by atoms with Crippen molar-refractivity contribution in [3.8, 4) is 0 Å². The van der Waals surface area contributed by atoms with E-state index >= 15 is 0 Å². The first kappa shape index (κ1) is 23.8. The van der Waals surface area contributed by atoms with Crippen molar-refractivity contribution >= 4 is 5.91 Å². The molecule has 4 heteroatoms. The lowest BCUT2D eigenvalue weighted by Crippen LogP contribution is -2.49. The van der Waals surface area contributed by atoms with Crippen molar-refractivity contribution in [1.82, 2.24) is 5.32 Å². The van der Waals surface area contributed by atoms with Crippen LogP contribution in [-0.2, 0) is 0 Å². The molecular formula is C30H40FNO2. The predicted octanol–water partition coefficient (Wildman–Crippen LogP) is 6.59. The van der Waals surface area contributed by atoms with E-state index in [4.69, 9.17) is 0 Å². The monoisotopic (exact) mass is 465 g/mol. The average Bonchev–Trinajstić information content (AvgIpc) is 3.11. The van der Waals surface area contributed by atoms with Gasteiger partial charge in [-0.25, -0.2) is 4.39 Å². The summed E-state index contributed by atoms with van der Waals surface area (Å²) in [6.07, 6.45) is 16.4. The van der Waals surface area contributed by atoms with Crippen molar-refractivity contribution in [2.75, 3.05) is 6.54 Å². The zero-order chi connectivity index (χ0) is 24.0. The van der Waals surface area contributed by atoms with E-state index in [0.29, 0.717) is 41.7 Å². The maximum absolute atomic E-state index is 13.2. The lowest BCUT2D eigenvalue weighted by molar-refractivity contribution is -0.0367. The topological polar surface area (TPSA) is 49.3 Å². The molecular weight excluding hydrogens is 425 g/mol. The Labute approximate surface area is 203 Å². The van der Waals surface area contributed by atoms with Gasteiger partial charge in [0.1, 0.15) is 5.82 Å². The molecule has 0 aliphatic heterocycles. The third-order valence-corrected chi connectivity index (χ3v) is 10.2. The molecule has 1 aromatic rings. The first-order chi connectivity index (χ1) is 16.3. The fourth-order valence-electron chi connectivity index (χ4n) is 8.66. The normalized spacial score (nSPS) is 38.8. The van der Waals surface area contributed by atoms with Crippen LogP contribution in [0.5, 0.6) is 0 Å². The van der Waals surface area contributed by atoms with Gasteiger partial charge < -0.3 is 10.4 Å². The van der Waals surface area contributed by atoms with Crippen molar-refractivity contribution in [2.45, 2.75) is 83.2 Å². The Morgan fingerprint density at radius 2 is 2.03 bits per heavy atom. The van der Waals surface area contributed by atoms with E-state index < -0.39 is 5.60 Å². The van der Waals surface area contributed by atoms with Crippen molar-refractivity contribution in [3.63, 3.8) is 0 Å². The van der Waals surface area contributed by atoms with Crippen LogP contribution in [0.3, 0.4) is 0 Å². The summed E-state index contributed by atoms with van der Waals surface area (Å²) < 4.78 is 13.2. The number of amides is 1. The lowest BCUT2D eigenvalue weighted by atomic mass is 9.47. The minimum absolute atomic E-state index is 0.0609. The third kappa shape index (κ3) is 4.06. The molecule has 3 fully saturated rings. The van der Waals surface area contributed by atoms with E-state index in [2.05, 4.69) is 24.9 Å². The molecule has 0 bridgehead atoms. The van der Waals surface area contributed by atoms with Crippen LogP contribution in [-0.4, -0.2) is 23.2 Å². The van der Waals surface area contributed by atoms with E-state index in [9.17, 15) is 14.3 Å². The van der Waals surface area contributed by atoms with Gasteiger partial charge in [-0.2, -0.15) is 0 Å². The molecule has 184 valence electrons. The van der Waals surface area contributed by atoms with E-state index in [1.165, 1.54) is 56.4 Å². The lowest BCUT2D eigenvalue weighted by Gasteiger charge is -2.57. The zero-order valence-corrected chi connectivity index (χ0v) is 20.6. The Bertz CT molecular complexity index is 971. The van der Waals surface area contributed by atoms with Gasteiger partial charge in [0.25, 0.3) is 5.91 Å². The molecule has 0 aromatic heterocycles. The molecule has 4 aliphatic carbocycles. The molecule has 1 amide bonds. The van der Waals surface area contributed by atoms with Crippen LogP contribution in [0, 0.1) is 34.4 Å². The number of carbonyl (C=O) groups excluding carboxylic acids is 1. The van der Waals surface area contributed by atoms with Crippen LogP contribution in [0.25, 0.3) is 0 Å². The molecule has 34 heavy (non-hydrogen) atoms. The Morgan fingerprint density at radius 1 is 1.24 bits per heavy atom. The standard InChI is InChI=1S/C30H40FNO2/c1-3-14-30(34)19-26-24-12-9-22-6-4-5-15-28(22,2)25(24)13-16-29(26,20-30)17-18-32-27(33)21-7-10-23(31)11-8-21/h3,7-11,24-26,34H,1,4-6,12-20H2,2H3,(H,32,33)/t24-,25+,26+,28+,29+,30+/m1/s1. The number of fused-ring (bicyclic) bond motifs is 5. The molecule has 5 rings (SSSR count). The number of hydrogen-bond acceptors (Lipinski definition) is 2. The molecule has 4 aliphatic rings. The fourth-order valence-corrected chi connectivity index (χ4v) is 8.66. The van der Waals surface area contributed by atoms with Gasteiger partial charge in [-0.1, -0.05) is 31.1 Å². The molecule has 6 atom stereocenters. The van der Waals surface area contributed by atoms with Crippen molar-refractivity contribution in [3.05, 3.63) is 60.0 Å². The first-order valence-electron chi connectivity index (χ1n) is 13.4. The summed E-state index contributed by atoms with van der Waals surface area (Å²) in [5, 5.41) is 14.7. The highest BCUT2D eigenvalue weighted by molar-refractivity contribution is 5.94. The summed E-state index contributed by atoms with van der Waals surface area (Å²) in [5.74, 6) is 1.33. The highest BCUT2D eigenvalue weighted by atomic mass is 19.1. The van der Waals surface area contributed by atoms with E-state index in [1.807, 2.05) is 6.08 Å². The molecule has 0 heterocycles. The average molecular weight is 466 g/mol. The number of hydrogen-bond donors (Lipinski definition) is 2. The molecule has 3 nitrogen and oxygen atoms in total. The summed E-state index contributed by atoms with van der Waals surface area (Å²) in [4.78, 5) is 12.6. The van der Waals surface area contributed by atoms with Gasteiger partial charge in [-0.15, -0.1) is 6.58 Å². The molecule has 0 spiro atoms. The van der Waals surface area contributed by atoms with Crippen LogP contribution >= 0.6 is 0 Å². The van der Waals surface area contributed by atoms with Crippen LogP contribution < -0.4 is 5.32 Å². The number of halogens is 1. The van der Waals surface area contributed by atoms with Gasteiger partial charge in [0.15, 0.2) is 0 Å². The van der Waals surface area contributed by atoms with E-state index in [0.717, 1.165) is 32.1 Å². The van der Waals surface area contributed by atoms with E-state index in [1.54, 1.807) is 5.57 Å². The Balaban J connectivity index is 1.35. The van der Waals surface area contributed by atoms with E-state index in [-0.39, 0.29) is 17.1 Å². The number of rotatable bonds is 6. The molecule has 2 N–H and O–H groups in total. The van der Waals surface area contributed by atoms with Crippen LogP contribution in [0.2, 0.25) is 0 Å². The summed E-state index contributed by atoms with van der Waals surface area (Å²) in [6, 6.07) is 5.72. The van der Waals surface area contributed by atoms with Crippen molar-refractivity contribution < 1.29 is 14.3 Å². The highest BCUT2D eigenvalue weighted by Gasteiger charge is 2.61. The Morgan fingerprint density at radius 3 is 2.79 bits per heavy atom. The van der Waals surface area contributed by atoms with Crippen LogP contribution in [0.4, 0.5) is 4.39 Å². The summed E-state index contributed by atoms with van der Waals surface area (Å²) in [5.41, 5.74) is 1.91. The number of nitrogens with one attached hydrogen (secondary N) is 1. The van der Waals surface area contributed by atoms with Gasteiger partial charge in [0.2, 0.25) is 0 Å². The molecule has 3 saturated carbocycles. The zero-order valence-electron chi connectivity index (χ0n) is 20.6. The minimum atomic E-state index is -0.681. The number of allylic oxidation sites excluding steroid dienone is 2. The van der Waals surface area contributed by atoms with Crippen LogP contribution in [0.15, 0.2) is 48.6 Å². The van der Waals surface area contributed by atoms with Gasteiger partial charge in [-0.05, 0) is 117 Å². The number of carbonyl (C=O) groups is 1. The van der Waals surface area contributed by atoms with Gasteiger partial charge in [0, 0.05) is 12.1 Å². The number of benzene rings is 1. The van der Waals surface area contributed by atoms with Crippen LogP contribution in [0.1, 0.15) is 87.9 Å². The molecule has 0 radical (unpaired) electrons. The summed E-state index contributed by atoms with van der Waals surface area (Å²) in [6.45, 7) is 7.04. The Hall–Kier alpha value is -1.94. The SMILES string of the molecule is C=CC[C@]1(O)C[C@H]2[C@@H]3CC=C4CCCC[C@]4(C)[C@H]3CC[C@]2(CCNC(=O)c2ccc(F)cc2)C1. The predicted molar refractivity (Wildman–Crippen MR) is 134 cm³/mol. The molecule has 1 aromatic carbocycles. The Kier molecular flexibility index (Phi) is 6.25. The minimum Gasteiger partial charge on any atom is -0.390 e. The van der Waals surface area contributed by atoms with Gasteiger partial charge >= 0.3 is 0 Å². The van der Waals surface area contributed by atoms with Crippen molar-refractivity contribution in [2.24, 2.45) is 28.6 Å². The maximum atomic E-state index is 13.2. The number of aliphatic hydroxyl groups is 1. The van der Waals surface area contributed by atoms with Gasteiger partial charge in [0.05, 0.1) is 5.60 Å². The maximum Gasteiger partial charge on any atom is 0.251 e. The first-order valence-corrected chi connectivity index (χ1v) is 13.4. The second-order valence-electron chi connectivity index (χ2n) is 12.0. The molecule has 0 saturated heterocycles. The molecule has 0 unspecified atom stereocenters. The van der Waals surface area contributed by atoms with Gasteiger partial charge in [-0.3, -0.25) is 4.79 Å². The fraction of sp³-hybridized carbons (Fsp3) is 0.633. The smallest absolute Gasteiger partial charge is 0.251 e. The second-order valence-corrected chi connectivity index (χ2v) is 12.0. The third-order valence-electron chi connectivity index (χ3n) is 10.2. The summed E-state index contributed by atoms with van der Waals surface area (Å²) >= 11 is 0. The largest absolute Gasteiger partial charge is 0.390 e. The summed E-state index contributed by atoms with van der Waals surface area (Å²) in [7, 11) is 0.